The van der Waals surface area contributed by atoms with Crippen molar-refractivity contribution in [1.29, 1.82) is 0 Å². The Morgan fingerprint density at radius 1 is 1.04 bits per heavy atom. The van der Waals surface area contributed by atoms with E-state index in [0.717, 1.165) is 32.0 Å². The number of amides is 1. The van der Waals surface area contributed by atoms with Crippen molar-refractivity contribution < 1.29 is 17.6 Å². The van der Waals surface area contributed by atoms with E-state index in [1.807, 2.05) is 4.90 Å². The van der Waals surface area contributed by atoms with Crippen LogP contribution in [0.2, 0.25) is 0 Å². The number of carbonyl (C=O) groups excluding carboxylic acids is 1. The molecule has 3 rings (SSSR count). The molecule has 0 spiro atoms. The fraction of sp³-hybridized carbons (Fsp3) is 0.611. The van der Waals surface area contributed by atoms with Gasteiger partial charge in [0.2, 0.25) is 15.9 Å². The highest BCUT2D eigenvalue weighted by Gasteiger charge is 2.35. The van der Waals surface area contributed by atoms with E-state index in [-0.39, 0.29) is 29.8 Å². The van der Waals surface area contributed by atoms with E-state index in [1.54, 1.807) is 0 Å². The number of sulfonamides is 1. The lowest BCUT2D eigenvalue weighted by Gasteiger charge is -2.36. The van der Waals surface area contributed by atoms with Crippen molar-refractivity contribution in [2.75, 3.05) is 26.2 Å². The molecule has 2 aliphatic rings. The third-order valence-electron chi connectivity index (χ3n) is 5.35. The smallest absolute Gasteiger partial charge is 0.245 e. The van der Waals surface area contributed by atoms with E-state index in [0.29, 0.717) is 18.8 Å². The largest absolute Gasteiger partial charge is 0.342 e. The second-order valence-electron chi connectivity index (χ2n) is 7.12. The number of hydrogen-bond acceptors (Lipinski definition) is 3. The molecule has 0 saturated carbocycles. The highest BCUT2D eigenvalue weighted by atomic mass is 32.2. The van der Waals surface area contributed by atoms with Crippen LogP contribution < -0.4 is 0 Å². The molecule has 0 aromatic heterocycles. The lowest BCUT2D eigenvalue weighted by atomic mass is 9.93. The zero-order valence-electron chi connectivity index (χ0n) is 14.5. The third kappa shape index (κ3) is 3.87. The maximum absolute atomic E-state index is 13.9. The zero-order chi connectivity index (χ0) is 18.0. The molecule has 0 aliphatic carbocycles. The Bertz CT molecular complexity index is 722. The minimum Gasteiger partial charge on any atom is -0.342 e. The average molecular weight is 368 g/mol. The van der Waals surface area contributed by atoms with E-state index >= 15 is 0 Å². The first-order chi connectivity index (χ1) is 11.9. The Morgan fingerprint density at radius 2 is 1.64 bits per heavy atom. The summed E-state index contributed by atoms with van der Waals surface area (Å²) < 4.78 is 40.4. The van der Waals surface area contributed by atoms with Crippen LogP contribution in [0, 0.1) is 17.7 Å². The first kappa shape index (κ1) is 18.3. The highest BCUT2D eigenvalue weighted by Crippen LogP contribution is 2.27. The fourth-order valence-electron chi connectivity index (χ4n) is 3.62. The summed E-state index contributed by atoms with van der Waals surface area (Å²) in [5.41, 5.74) is 0. The maximum atomic E-state index is 13.9. The van der Waals surface area contributed by atoms with Crippen LogP contribution in [0.1, 0.15) is 32.6 Å². The molecule has 2 saturated heterocycles. The van der Waals surface area contributed by atoms with Crippen molar-refractivity contribution in [3.63, 3.8) is 0 Å². The molecule has 2 fully saturated rings. The normalized spacial score (nSPS) is 21.4. The Balaban J connectivity index is 1.62. The first-order valence-corrected chi connectivity index (χ1v) is 10.4. The van der Waals surface area contributed by atoms with E-state index in [9.17, 15) is 17.6 Å². The van der Waals surface area contributed by atoms with Crippen molar-refractivity contribution in [2.45, 2.75) is 37.5 Å². The van der Waals surface area contributed by atoms with E-state index in [1.165, 1.54) is 22.5 Å². The molecular weight excluding hydrogens is 343 g/mol. The molecule has 5 nitrogen and oxygen atoms in total. The molecule has 25 heavy (non-hydrogen) atoms. The van der Waals surface area contributed by atoms with Gasteiger partial charge in [-0.3, -0.25) is 4.79 Å². The van der Waals surface area contributed by atoms with Gasteiger partial charge in [-0.05, 0) is 43.7 Å². The summed E-state index contributed by atoms with van der Waals surface area (Å²) in [5.74, 6) is -0.0461. The molecule has 0 radical (unpaired) electrons. The molecule has 1 aromatic carbocycles. The number of benzene rings is 1. The number of piperidine rings is 2. The van der Waals surface area contributed by atoms with Crippen LogP contribution in [0.25, 0.3) is 0 Å². The van der Waals surface area contributed by atoms with Crippen LogP contribution in [0.5, 0.6) is 0 Å². The number of rotatable bonds is 3. The predicted octanol–water partition coefficient (Wildman–Crippen LogP) is 2.48. The molecule has 7 heteroatoms. The summed E-state index contributed by atoms with van der Waals surface area (Å²) in [6.45, 7) is 4.32. The van der Waals surface area contributed by atoms with Gasteiger partial charge in [0.25, 0.3) is 0 Å². The van der Waals surface area contributed by atoms with Crippen LogP contribution in [0.15, 0.2) is 29.2 Å². The fourth-order valence-corrected chi connectivity index (χ4v) is 5.16. The number of likely N-dealkylation sites (tertiary alicyclic amines) is 1. The minimum absolute atomic E-state index is 0.125. The lowest BCUT2D eigenvalue weighted by Crippen LogP contribution is -2.46. The van der Waals surface area contributed by atoms with Crippen molar-refractivity contribution >= 4 is 15.9 Å². The Labute approximate surface area is 148 Å². The van der Waals surface area contributed by atoms with Crippen LogP contribution in [0.4, 0.5) is 4.39 Å². The van der Waals surface area contributed by atoms with E-state index in [4.69, 9.17) is 0 Å². The zero-order valence-corrected chi connectivity index (χ0v) is 15.3. The summed E-state index contributed by atoms with van der Waals surface area (Å²) in [6, 6.07) is 5.43. The van der Waals surface area contributed by atoms with E-state index < -0.39 is 15.8 Å². The minimum atomic E-state index is -3.84. The van der Waals surface area contributed by atoms with Gasteiger partial charge in [-0.25, -0.2) is 12.8 Å². The SMILES string of the molecule is CC1CCN(C(=O)C2CCN(S(=O)(=O)c3ccccc3F)CC2)CC1. The van der Waals surface area contributed by atoms with Gasteiger partial charge in [0.1, 0.15) is 10.7 Å². The van der Waals surface area contributed by atoms with Crippen molar-refractivity contribution in [3.05, 3.63) is 30.1 Å². The maximum Gasteiger partial charge on any atom is 0.245 e. The van der Waals surface area contributed by atoms with Gasteiger partial charge in [-0.15, -0.1) is 0 Å². The Morgan fingerprint density at radius 3 is 2.24 bits per heavy atom. The molecule has 0 unspecified atom stereocenters. The molecule has 1 aromatic rings. The third-order valence-corrected chi connectivity index (χ3v) is 7.28. The molecule has 0 atom stereocenters. The number of carbonyl (C=O) groups is 1. The molecule has 0 bridgehead atoms. The van der Waals surface area contributed by atoms with E-state index in [2.05, 4.69) is 6.92 Å². The van der Waals surface area contributed by atoms with Gasteiger partial charge in [0.15, 0.2) is 0 Å². The lowest BCUT2D eigenvalue weighted by molar-refractivity contribution is -0.138. The highest BCUT2D eigenvalue weighted by molar-refractivity contribution is 7.89. The molecule has 2 heterocycles. The quantitative estimate of drug-likeness (QED) is 0.824. The Hall–Kier alpha value is -1.47. The first-order valence-electron chi connectivity index (χ1n) is 8.93. The average Bonchev–Trinajstić information content (AvgIpc) is 2.62. The monoisotopic (exact) mass is 368 g/mol. The summed E-state index contributed by atoms with van der Waals surface area (Å²) in [6.07, 6.45) is 3.07. The van der Waals surface area contributed by atoms with Gasteiger partial charge in [0.05, 0.1) is 0 Å². The summed E-state index contributed by atoms with van der Waals surface area (Å²) in [4.78, 5) is 14.3. The summed E-state index contributed by atoms with van der Waals surface area (Å²) in [7, 11) is -3.84. The summed E-state index contributed by atoms with van der Waals surface area (Å²) in [5, 5.41) is 0. The molecule has 1 amide bonds. The number of nitrogens with zero attached hydrogens (tertiary/aromatic N) is 2. The number of hydrogen-bond donors (Lipinski definition) is 0. The summed E-state index contributed by atoms with van der Waals surface area (Å²) >= 11 is 0. The molecule has 2 aliphatic heterocycles. The molecule has 138 valence electrons. The van der Waals surface area contributed by atoms with Crippen LogP contribution >= 0.6 is 0 Å². The molecule has 0 N–H and O–H groups in total. The van der Waals surface area contributed by atoms with Crippen molar-refractivity contribution in [1.82, 2.24) is 9.21 Å². The number of halogens is 1. The van der Waals surface area contributed by atoms with Gasteiger partial charge < -0.3 is 4.90 Å². The van der Waals surface area contributed by atoms with Gasteiger partial charge in [-0.1, -0.05) is 19.1 Å². The topological polar surface area (TPSA) is 57.7 Å². The standard InChI is InChI=1S/C18H25FN2O3S/c1-14-6-10-20(11-7-14)18(22)15-8-12-21(13-9-15)25(23,24)17-5-3-2-4-16(17)19/h2-5,14-15H,6-13H2,1H3. The van der Waals surface area contributed by atoms with Crippen LogP contribution in [-0.2, 0) is 14.8 Å². The van der Waals surface area contributed by atoms with Gasteiger partial charge in [-0.2, -0.15) is 4.31 Å². The molecular formula is C18H25FN2O3S. The van der Waals surface area contributed by atoms with Gasteiger partial charge in [0, 0.05) is 32.1 Å². The van der Waals surface area contributed by atoms with Crippen molar-refractivity contribution in [2.24, 2.45) is 11.8 Å². The second kappa shape index (κ2) is 7.41. The van der Waals surface area contributed by atoms with Crippen molar-refractivity contribution in [3.8, 4) is 0 Å². The predicted molar refractivity (Wildman–Crippen MR) is 92.9 cm³/mol. The second-order valence-corrected chi connectivity index (χ2v) is 9.02. The van der Waals surface area contributed by atoms with Crippen LogP contribution in [-0.4, -0.2) is 49.7 Å². The Kier molecular flexibility index (Phi) is 5.43. The van der Waals surface area contributed by atoms with Gasteiger partial charge >= 0.3 is 0 Å². The van der Waals surface area contributed by atoms with Crippen LogP contribution in [0.3, 0.4) is 0 Å².